The lowest BCUT2D eigenvalue weighted by Gasteiger charge is -2.18. The van der Waals surface area contributed by atoms with E-state index in [9.17, 15) is 4.79 Å². The molecule has 3 N–H and O–H groups in total. The number of unbranched alkanes of at least 4 members (excludes halogenated alkanes) is 1. The normalized spacial score (nSPS) is 17.1. The number of rotatable bonds is 10. The molecule has 5 nitrogen and oxygen atoms in total. The first-order valence-electron chi connectivity index (χ1n) is 9.43. The fraction of sp³-hybridized carbons (Fsp3) is 0.889. The minimum absolute atomic E-state index is 0.147. The van der Waals surface area contributed by atoms with Crippen LogP contribution in [-0.4, -0.2) is 38.0 Å². The van der Waals surface area contributed by atoms with Gasteiger partial charge in [0.15, 0.2) is 5.96 Å². The number of hydrogen-bond donors (Lipinski definition) is 3. The fourth-order valence-corrected chi connectivity index (χ4v) is 3.07. The predicted molar refractivity (Wildman–Crippen MR) is 97.7 cm³/mol. The molecule has 1 rings (SSSR count). The van der Waals surface area contributed by atoms with Crippen molar-refractivity contribution < 1.29 is 4.79 Å². The first-order chi connectivity index (χ1) is 11.2. The van der Waals surface area contributed by atoms with Gasteiger partial charge in [-0.1, -0.05) is 46.0 Å². The third-order valence-electron chi connectivity index (χ3n) is 4.69. The molecule has 1 amide bonds. The van der Waals surface area contributed by atoms with Gasteiger partial charge in [-0.15, -0.1) is 0 Å². The summed E-state index contributed by atoms with van der Waals surface area (Å²) in [5.41, 5.74) is 0. The van der Waals surface area contributed by atoms with E-state index < -0.39 is 0 Å². The minimum Gasteiger partial charge on any atom is -0.356 e. The lowest BCUT2D eigenvalue weighted by atomic mass is 9.99. The van der Waals surface area contributed by atoms with Crippen molar-refractivity contribution in [1.82, 2.24) is 16.0 Å². The molecule has 0 heterocycles. The maximum Gasteiger partial charge on any atom is 0.221 e. The Morgan fingerprint density at radius 3 is 2.57 bits per heavy atom. The van der Waals surface area contributed by atoms with Gasteiger partial charge in [-0.3, -0.25) is 9.79 Å². The lowest BCUT2D eigenvalue weighted by Crippen LogP contribution is -2.42. The van der Waals surface area contributed by atoms with Crippen LogP contribution >= 0.6 is 0 Å². The molecule has 1 fully saturated rings. The van der Waals surface area contributed by atoms with Gasteiger partial charge in [0.25, 0.3) is 0 Å². The summed E-state index contributed by atoms with van der Waals surface area (Å²) in [6, 6.07) is 0.406. The molecule has 1 atom stereocenters. The zero-order valence-corrected chi connectivity index (χ0v) is 15.3. The average Bonchev–Trinajstić information content (AvgIpc) is 3.06. The number of guanidine groups is 1. The van der Waals surface area contributed by atoms with Crippen molar-refractivity contribution in [3.63, 3.8) is 0 Å². The monoisotopic (exact) mass is 324 g/mol. The smallest absolute Gasteiger partial charge is 0.221 e. The molecule has 23 heavy (non-hydrogen) atoms. The Balaban J connectivity index is 2.16. The second kappa shape index (κ2) is 12.2. The van der Waals surface area contributed by atoms with Gasteiger partial charge in [0.05, 0.1) is 0 Å². The van der Waals surface area contributed by atoms with Gasteiger partial charge in [0, 0.05) is 32.6 Å². The van der Waals surface area contributed by atoms with Crippen LogP contribution in [0.25, 0.3) is 0 Å². The Morgan fingerprint density at radius 1 is 1.22 bits per heavy atom. The molecule has 0 aromatic carbocycles. The summed E-state index contributed by atoms with van der Waals surface area (Å²) in [6.07, 6.45) is 10.3. The molecule has 0 aliphatic heterocycles. The van der Waals surface area contributed by atoms with Crippen molar-refractivity contribution >= 4 is 11.9 Å². The molecule has 0 aromatic rings. The summed E-state index contributed by atoms with van der Waals surface area (Å²) in [6.45, 7) is 6.05. The predicted octanol–water partition coefficient (Wildman–Crippen LogP) is 2.82. The molecule has 0 bridgehead atoms. The molecule has 0 spiro atoms. The zero-order valence-electron chi connectivity index (χ0n) is 15.3. The lowest BCUT2D eigenvalue weighted by molar-refractivity contribution is -0.121. The maximum absolute atomic E-state index is 11.9. The molecule has 134 valence electrons. The molecule has 1 aliphatic carbocycles. The first-order valence-corrected chi connectivity index (χ1v) is 9.43. The topological polar surface area (TPSA) is 65.5 Å². The van der Waals surface area contributed by atoms with Crippen molar-refractivity contribution in [3.8, 4) is 0 Å². The van der Waals surface area contributed by atoms with Crippen LogP contribution in [0, 0.1) is 5.92 Å². The van der Waals surface area contributed by atoms with E-state index in [1.54, 1.807) is 7.05 Å². The third kappa shape index (κ3) is 8.82. The quantitative estimate of drug-likeness (QED) is 0.428. The van der Waals surface area contributed by atoms with E-state index in [1.165, 1.54) is 38.5 Å². The second-order valence-electron chi connectivity index (χ2n) is 6.60. The van der Waals surface area contributed by atoms with E-state index in [0.29, 0.717) is 24.9 Å². The number of carbonyl (C=O) groups is 1. The molecule has 5 heteroatoms. The van der Waals surface area contributed by atoms with E-state index >= 15 is 0 Å². The van der Waals surface area contributed by atoms with Gasteiger partial charge in [-0.25, -0.2) is 0 Å². The molecule has 1 unspecified atom stereocenters. The second-order valence-corrected chi connectivity index (χ2v) is 6.60. The van der Waals surface area contributed by atoms with Crippen LogP contribution in [0.4, 0.5) is 0 Å². The number of amides is 1. The Labute approximate surface area is 142 Å². The Bertz CT molecular complexity index is 351. The summed E-state index contributed by atoms with van der Waals surface area (Å²) in [5, 5.41) is 9.74. The van der Waals surface area contributed by atoms with Crippen LogP contribution in [0.3, 0.4) is 0 Å². The Hall–Kier alpha value is -1.26. The van der Waals surface area contributed by atoms with Crippen LogP contribution in [-0.2, 0) is 4.79 Å². The van der Waals surface area contributed by atoms with Crippen LogP contribution < -0.4 is 16.0 Å². The zero-order chi connectivity index (χ0) is 16.9. The number of carbonyl (C=O) groups excluding carboxylic acids is 1. The summed E-state index contributed by atoms with van der Waals surface area (Å²) in [7, 11) is 1.78. The third-order valence-corrected chi connectivity index (χ3v) is 4.69. The molecular weight excluding hydrogens is 288 g/mol. The number of hydrogen-bond acceptors (Lipinski definition) is 2. The Morgan fingerprint density at radius 2 is 1.96 bits per heavy atom. The maximum atomic E-state index is 11.9. The van der Waals surface area contributed by atoms with E-state index in [4.69, 9.17) is 0 Å². The molecule has 0 saturated heterocycles. The van der Waals surface area contributed by atoms with Gasteiger partial charge >= 0.3 is 0 Å². The number of nitrogens with zero attached hydrogens (tertiary/aromatic N) is 1. The van der Waals surface area contributed by atoms with Crippen LogP contribution in [0.15, 0.2) is 4.99 Å². The van der Waals surface area contributed by atoms with E-state index in [0.717, 1.165) is 25.3 Å². The van der Waals surface area contributed by atoms with Gasteiger partial charge < -0.3 is 16.0 Å². The van der Waals surface area contributed by atoms with Crippen molar-refractivity contribution in [2.45, 2.75) is 77.7 Å². The molecule has 1 saturated carbocycles. The molecular formula is C18H36N4O. The van der Waals surface area contributed by atoms with E-state index in [-0.39, 0.29) is 5.91 Å². The van der Waals surface area contributed by atoms with E-state index in [2.05, 4.69) is 34.8 Å². The first kappa shape index (κ1) is 19.8. The van der Waals surface area contributed by atoms with Gasteiger partial charge in [-0.05, 0) is 25.2 Å². The largest absolute Gasteiger partial charge is 0.356 e. The van der Waals surface area contributed by atoms with Gasteiger partial charge in [-0.2, -0.15) is 0 Å². The van der Waals surface area contributed by atoms with Crippen molar-refractivity contribution in [2.75, 3.05) is 20.1 Å². The SMILES string of the molecule is CCCCC(CC)CNC(=NC)NCCC(=O)NC1CCCC1. The fourth-order valence-electron chi connectivity index (χ4n) is 3.07. The summed E-state index contributed by atoms with van der Waals surface area (Å²) in [4.78, 5) is 16.1. The molecule has 0 aromatic heterocycles. The van der Waals surface area contributed by atoms with Gasteiger partial charge in [0.2, 0.25) is 5.91 Å². The summed E-state index contributed by atoms with van der Waals surface area (Å²) in [5.74, 6) is 1.64. The van der Waals surface area contributed by atoms with Crippen molar-refractivity contribution in [3.05, 3.63) is 0 Å². The van der Waals surface area contributed by atoms with Crippen molar-refractivity contribution in [1.29, 1.82) is 0 Å². The molecule has 0 radical (unpaired) electrons. The average molecular weight is 325 g/mol. The van der Waals surface area contributed by atoms with Gasteiger partial charge in [0.1, 0.15) is 0 Å². The standard InChI is InChI=1S/C18H36N4O/c1-4-6-9-15(5-2)14-21-18(19-3)20-13-12-17(23)22-16-10-7-8-11-16/h15-16H,4-14H2,1-3H3,(H,22,23)(H2,19,20,21). The Kier molecular flexibility index (Phi) is 10.5. The highest BCUT2D eigenvalue weighted by Crippen LogP contribution is 2.17. The number of nitrogens with one attached hydrogen (secondary N) is 3. The van der Waals surface area contributed by atoms with Crippen LogP contribution in [0.1, 0.15) is 71.6 Å². The summed E-state index contributed by atoms with van der Waals surface area (Å²) >= 11 is 0. The highest BCUT2D eigenvalue weighted by molar-refractivity contribution is 5.81. The highest BCUT2D eigenvalue weighted by Gasteiger charge is 2.16. The highest BCUT2D eigenvalue weighted by atomic mass is 16.1. The van der Waals surface area contributed by atoms with Crippen molar-refractivity contribution in [2.24, 2.45) is 10.9 Å². The van der Waals surface area contributed by atoms with E-state index in [1.807, 2.05) is 0 Å². The van der Waals surface area contributed by atoms with Crippen LogP contribution in [0.5, 0.6) is 0 Å². The summed E-state index contributed by atoms with van der Waals surface area (Å²) < 4.78 is 0. The molecule has 1 aliphatic rings. The number of aliphatic imine (C=N–C) groups is 1. The minimum atomic E-state index is 0.147. The van der Waals surface area contributed by atoms with Crippen LogP contribution in [0.2, 0.25) is 0 Å².